The molecular weight excluding hydrogens is 358 g/mol. The van der Waals surface area contributed by atoms with Gasteiger partial charge in [-0.3, -0.25) is 9.69 Å². The number of rotatable bonds is 6. The summed E-state index contributed by atoms with van der Waals surface area (Å²) in [5.74, 6) is 0.355. The van der Waals surface area contributed by atoms with Gasteiger partial charge >= 0.3 is 0 Å². The highest BCUT2D eigenvalue weighted by atomic mass is 16.2. The molecule has 0 saturated carbocycles. The van der Waals surface area contributed by atoms with Gasteiger partial charge in [-0.05, 0) is 66.8 Å². The molecule has 0 saturated heterocycles. The second kappa shape index (κ2) is 8.26. The Morgan fingerprint density at radius 3 is 2.48 bits per heavy atom. The van der Waals surface area contributed by atoms with Crippen molar-refractivity contribution in [2.75, 3.05) is 11.4 Å². The number of aryl methyl sites for hydroxylation is 2. The Morgan fingerprint density at radius 2 is 1.86 bits per heavy atom. The fourth-order valence-electron chi connectivity index (χ4n) is 4.11. The minimum absolute atomic E-state index is 0.0539. The van der Waals surface area contributed by atoms with Crippen molar-refractivity contribution in [1.82, 2.24) is 4.57 Å². The van der Waals surface area contributed by atoms with Crippen molar-refractivity contribution in [3.8, 4) is 0 Å². The number of carbonyl (C=O) groups excluding carboxylic acids is 1. The van der Waals surface area contributed by atoms with Crippen LogP contribution in [0.25, 0.3) is 16.6 Å². The molecule has 1 amide bonds. The molecule has 0 bridgehead atoms. The molecule has 3 aromatic rings. The van der Waals surface area contributed by atoms with Gasteiger partial charge in [0.05, 0.1) is 0 Å². The molecule has 0 fully saturated rings. The zero-order valence-corrected chi connectivity index (χ0v) is 18.1. The van der Waals surface area contributed by atoms with Gasteiger partial charge in [0.2, 0.25) is 5.91 Å². The van der Waals surface area contributed by atoms with E-state index in [9.17, 15) is 4.79 Å². The van der Waals surface area contributed by atoms with Crippen molar-refractivity contribution in [3.63, 3.8) is 0 Å². The summed E-state index contributed by atoms with van der Waals surface area (Å²) in [5.41, 5.74) is 13.0. The Hall–Kier alpha value is -2.85. The van der Waals surface area contributed by atoms with E-state index in [2.05, 4.69) is 57.0 Å². The number of nitrogens with two attached hydrogens (primary N) is 1. The van der Waals surface area contributed by atoms with Crippen LogP contribution in [0.2, 0.25) is 0 Å². The molecule has 2 aromatic carbocycles. The van der Waals surface area contributed by atoms with Crippen LogP contribution in [0.4, 0.5) is 5.69 Å². The molecule has 29 heavy (non-hydrogen) atoms. The summed E-state index contributed by atoms with van der Waals surface area (Å²) in [5, 5.41) is 1.08. The summed E-state index contributed by atoms with van der Waals surface area (Å²) >= 11 is 0. The van der Waals surface area contributed by atoms with Gasteiger partial charge in [-0.25, -0.2) is 0 Å². The van der Waals surface area contributed by atoms with Crippen molar-refractivity contribution in [1.29, 1.82) is 0 Å². The Kier molecular flexibility index (Phi) is 5.94. The van der Waals surface area contributed by atoms with Crippen molar-refractivity contribution in [2.24, 2.45) is 5.73 Å². The molecule has 1 aromatic heterocycles. The first-order chi connectivity index (χ1) is 13.7. The minimum atomic E-state index is -0.0539. The Morgan fingerprint density at radius 1 is 1.14 bits per heavy atom. The average molecular weight is 390 g/mol. The first kappa shape index (κ1) is 20.9. The van der Waals surface area contributed by atoms with Crippen LogP contribution in [-0.2, 0) is 11.3 Å². The number of hydrogen-bond acceptors (Lipinski definition) is 2. The quantitative estimate of drug-likeness (QED) is 0.617. The smallest absolute Gasteiger partial charge is 0.228 e. The SMILES string of the molecule is C=C(c1cc(C(C)C)c(C)cc1C)N(C(C)=O)c1ccc2c(ccn2CCN)c1. The minimum Gasteiger partial charge on any atom is -0.346 e. The summed E-state index contributed by atoms with van der Waals surface area (Å²) in [7, 11) is 0. The normalized spacial score (nSPS) is 11.3. The molecule has 1 heterocycles. The lowest BCUT2D eigenvalue weighted by Gasteiger charge is -2.26. The molecule has 4 heteroatoms. The molecule has 4 nitrogen and oxygen atoms in total. The third-order valence-electron chi connectivity index (χ3n) is 5.51. The maximum absolute atomic E-state index is 12.6. The first-order valence-corrected chi connectivity index (χ1v) is 10.1. The van der Waals surface area contributed by atoms with Gasteiger partial charge in [-0.1, -0.05) is 26.5 Å². The van der Waals surface area contributed by atoms with Crippen molar-refractivity contribution < 1.29 is 4.79 Å². The van der Waals surface area contributed by atoms with Crippen LogP contribution in [-0.4, -0.2) is 17.0 Å². The number of fused-ring (bicyclic) bond motifs is 1. The summed E-state index contributed by atoms with van der Waals surface area (Å²) in [4.78, 5) is 14.4. The Balaban J connectivity index is 2.07. The highest BCUT2D eigenvalue weighted by Crippen LogP contribution is 2.33. The van der Waals surface area contributed by atoms with Crippen LogP contribution in [0, 0.1) is 13.8 Å². The molecule has 0 aliphatic carbocycles. The molecule has 0 atom stereocenters. The molecule has 3 rings (SSSR count). The molecule has 0 radical (unpaired) electrons. The van der Waals surface area contributed by atoms with E-state index in [1.54, 1.807) is 11.8 Å². The fourth-order valence-corrected chi connectivity index (χ4v) is 4.11. The van der Waals surface area contributed by atoms with Crippen LogP contribution in [0.5, 0.6) is 0 Å². The lowest BCUT2D eigenvalue weighted by Crippen LogP contribution is -2.26. The monoisotopic (exact) mass is 389 g/mol. The summed E-state index contributed by atoms with van der Waals surface area (Å²) < 4.78 is 2.13. The number of carbonyl (C=O) groups is 1. The molecule has 0 aliphatic rings. The van der Waals surface area contributed by atoms with E-state index < -0.39 is 0 Å². The third-order valence-corrected chi connectivity index (χ3v) is 5.51. The number of amides is 1. The van der Waals surface area contributed by atoms with E-state index in [1.807, 2.05) is 24.4 Å². The predicted molar refractivity (Wildman–Crippen MR) is 123 cm³/mol. The zero-order valence-electron chi connectivity index (χ0n) is 18.1. The van der Waals surface area contributed by atoms with Crippen LogP contribution in [0.15, 0.2) is 49.2 Å². The van der Waals surface area contributed by atoms with E-state index in [1.165, 1.54) is 11.1 Å². The van der Waals surface area contributed by atoms with Gasteiger partial charge in [-0.15, -0.1) is 0 Å². The van der Waals surface area contributed by atoms with Gasteiger partial charge in [0.25, 0.3) is 0 Å². The Labute approximate surface area is 173 Å². The van der Waals surface area contributed by atoms with Gasteiger partial charge < -0.3 is 10.3 Å². The number of anilines is 1. The van der Waals surface area contributed by atoms with Crippen molar-refractivity contribution in [3.05, 3.63) is 71.4 Å². The predicted octanol–water partition coefficient (Wildman–Crippen LogP) is 5.36. The third kappa shape index (κ3) is 3.99. The number of nitrogens with zero attached hydrogens (tertiary/aromatic N) is 2. The summed E-state index contributed by atoms with van der Waals surface area (Å²) in [6.45, 7) is 15.8. The number of benzene rings is 2. The second-order valence-electron chi connectivity index (χ2n) is 8.02. The van der Waals surface area contributed by atoms with Crippen LogP contribution in [0.1, 0.15) is 48.9 Å². The lowest BCUT2D eigenvalue weighted by molar-refractivity contribution is -0.115. The maximum atomic E-state index is 12.6. The molecule has 0 aliphatic heterocycles. The van der Waals surface area contributed by atoms with Gasteiger partial charge in [0, 0.05) is 54.1 Å². The van der Waals surface area contributed by atoms with Crippen molar-refractivity contribution >= 4 is 28.2 Å². The molecule has 0 unspecified atom stereocenters. The highest BCUT2D eigenvalue weighted by Gasteiger charge is 2.20. The Bertz CT molecular complexity index is 1080. The average Bonchev–Trinajstić information content (AvgIpc) is 3.04. The first-order valence-electron chi connectivity index (χ1n) is 10.1. The van der Waals surface area contributed by atoms with E-state index in [0.717, 1.165) is 34.3 Å². The highest BCUT2D eigenvalue weighted by molar-refractivity contribution is 6.06. The fraction of sp³-hybridized carbons (Fsp3) is 0.320. The molecule has 152 valence electrons. The maximum Gasteiger partial charge on any atom is 0.228 e. The van der Waals surface area contributed by atoms with Crippen LogP contribution < -0.4 is 10.6 Å². The molecular formula is C25H31N3O. The number of hydrogen-bond donors (Lipinski definition) is 1. The van der Waals surface area contributed by atoms with Crippen molar-refractivity contribution in [2.45, 2.75) is 47.1 Å². The second-order valence-corrected chi connectivity index (χ2v) is 8.02. The van der Waals surface area contributed by atoms with Crippen LogP contribution >= 0.6 is 0 Å². The number of aromatic nitrogens is 1. The summed E-state index contributed by atoms with van der Waals surface area (Å²) in [6, 6.07) is 12.5. The lowest BCUT2D eigenvalue weighted by atomic mass is 9.91. The topological polar surface area (TPSA) is 51.3 Å². The molecule has 0 spiro atoms. The van der Waals surface area contributed by atoms with E-state index in [-0.39, 0.29) is 5.91 Å². The largest absolute Gasteiger partial charge is 0.346 e. The van der Waals surface area contributed by atoms with Gasteiger partial charge in [0.1, 0.15) is 0 Å². The summed E-state index contributed by atoms with van der Waals surface area (Å²) in [6.07, 6.45) is 2.03. The van der Waals surface area contributed by atoms with E-state index >= 15 is 0 Å². The molecule has 2 N–H and O–H groups in total. The van der Waals surface area contributed by atoms with Gasteiger partial charge in [-0.2, -0.15) is 0 Å². The van der Waals surface area contributed by atoms with E-state index in [4.69, 9.17) is 5.73 Å². The standard InChI is InChI=1S/C25H31N3O/c1-16(2)23-15-24(18(4)13-17(23)3)19(5)28(20(6)29)22-7-8-25-21(14-22)9-11-27(25)12-10-26/h7-9,11,13-16H,5,10,12,26H2,1-4,6H3. The van der Waals surface area contributed by atoms with E-state index in [0.29, 0.717) is 18.2 Å². The zero-order chi connectivity index (χ0) is 21.3. The van der Waals surface area contributed by atoms with Gasteiger partial charge in [0.15, 0.2) is 0 Å². The van der Waals surface area contributed by atoms with Crippen LogP contribution in [0.3, 0.4) is 0 Å².